The fraction of sp³-hybridized carbons (Fsp3) is 0.818. The van der Waals surface area contributed by atoms with Crippen LogP contribution in [0.5, 0.6) is 0 Å². The van der Waals surface area contributed by atoms with Crippen LogP contribution in [0, 0.1) is 5.92 Å². The minimum atomic E-state index is -0.787. The van der Waals surface area contributed by atoms with Crippen molar-refractivity contribution < 1.29 is 4.39 Å². The van der Waals surface area contributed by atoms with Crippen LogP contribution in [0.4, 0.5) is 4.39 Å². The Hall–Kier alpha value is -0.530. The maximum Gasteiger partial charge on any atom is 0.120 e. The third kappa shape index (κ3) is 7.82. The summed E-state index contributed by atoms with van der Waals surface area (Å²) in [5.74, 6) is 0.604. The van der Waals surface area contributed by atoms with E-state index in [9.17, 15) is 4.39 Å². The molecule has 2 heteroatoms. The van der Waals surface area contributed by atoms with E-state index in [1.165, 1.54) is 0 Å². The molecule has 0 aliphatic rings. The Kier molecular flexibility index (Phi) is 6.65. The molecule has 0 fully saturated rings. The maximum atomic E-state index is 13.1. The zero-order valence-corrected chi connectivity index (χ0v) is 9.23. The normalized spacial score (nSPS) is 14.8. The van der Waals surface area contributed by atoms with Crippen molar-refractivity contribution in [3.8, 4) is 0 Å². The molecule has 0 aromatic heterocycles. The Balaban J connectivity index is 3.73. The van der Waals surface area contributed by atoms with Crippen molar-refractivity contribution in [2.75, 3.05) is 6.54 Å². The Bertz CT molecular complexity index is 152. The van der Waals surface area contributed by atoms with E-state index in [0.29, 0.717) is 12.3 Å². The van der Waals surface area contributed by atoms with Gasteiger partial charge in [0.1, 0.15) is 6.17 Å². The van der Waals surface area contributed by atoms with Gasteiger partial charge in [-0.25, -0.2) is 4.39 Å². The summed E-state index contributed by atoms with van der Waals surface area (Å²) < 4.78 is 13.1. The molecule has 0 heterocycles. The molecule has 1 atom stereocenters. The summed E-state index contributed by atoms with van der Waals surface area (Å²) in [4.78, 5) is 0. The monoisotopic (exact) mass is 187 g/mol. The molecule has 0 bridgehead atoms. The SMILES string of the molecule is CCC[C@@H](F)/C=C(\C)NCC(C)C. The van der Waals surface area contributed by atoms with E-state index >= 15 is 0 Å². The van der Waals surface area contributed by atoms with Crippen molar-refractivity contribution in [1.82, 2.24) is 5.32 Å². The average Bonchev–Trinajstić information content (AvgIpc) is 2.01. The highest BCUT2D eigenvalue weighted by Crippen LogP contribution is 2.05. The molecule has 1 N–H and O–H groups in total. The van der Waals surface area contributed by atoms with Gasteiger partial charge in [0.25, 0.3) is 0 Å². The van der Waals surface area contributed by atoms with E-state index < -0.39 is 6.17 Å². The van der Waals surface area contributed by atoms with Gasteiger partial charge in [-0.3, -0.25) is 0 Å². The second-order valence-corrected chi connectivity index (χ2v) is 3.93. The first kappa shape index (κ1) is 12.5. The van der Waals surface area contributed by atoms with Gasteiger partial charge >= 0.3 is 0 Å². The zero-order chi connectivity index (χ0) is 10.3. The van der Waals surface area contributed by atoms with Crippen molar-refractivity contribution in [3.63, 3.8) is 0 Å². The summed E-state index contributed by atoms with van der Waals surface area (Å²) in [6.07, 6.45) is 2.41. The largest absolute Gasteiger partial charge is 0.388 e. The van der Waals surface area contributed by atoms with E-state index in [4.69, 9.17) is 0 Å². The molecule has 0 saturated carbocycles. The van der Waals surface area contributed by atoms with Crippen LogP contribution in [0.25, 0.3) is 0 Å². The number of allylic oxidation sites excluding steroid dienone is 2. The average molecular weight is 187 g/mol. The number of rotatable bonds is 6. The van der Waals surface area contributed by atoms with Gasteiger partial charge in [-0.1, -0.05) is 27.2 Å². The lowest BCUT2D eigenvalue weighted by atomic mass is 10.2. The van der Waals surface area contributed by atoms with Gasteiger partial charge in [0.05, 0.1) is 0 Å². The number of alkyl halides is 1. The van der Waals surface area contributed by atoms with Crippen LogP contribution in [0.15, 0.2) is 11.8 Å². The molecule has 0 rings (SSSR count). The zero-order valence-electron chi connectivity index (χ0n) is 9.23. The first-order valence-electron chi connectivity index (χ1n) is 5.12. The van der Waals surface area contributed by atoms with Crippen LogP contribution in [-0.4, -0.2) is 12.7 Å². The summed E-state index contributed by atoms with van der Waals surface area (Å²) in [7, 11) is 0. The minimum absolute atomic E-state index is 0.604. The Morgan fingerprint density at radius 1 is 1.46 bits per heavy atom. The van der Waals surface area contributed by atoms with Crippen LogP contribution in [0.1, 0.15) is 40.5 Å². The predicted molar refractivity (Wildman–Crippen MR) is 56.4 cm³/mol. The van der Waals surface area contributed by atoms with Crippen molar-refractivity contribution in [2.24, 2.45) is 5.92 Å². The summed E-state index contributed by atoms with van der Waals surface area (Å²) in [5.41, 5.74) is 0.953. The van der Waals surface area contributed by atoms with E-state index in [1.807, 2.05) is 13.8 Å². The quantitative estimate of drug-likeness (QED) is 0.673. The third-order valence-electron chi connectivity index (χ3n) is 1.78. The van der Waals surface area contributed by atoms with Gasteiger partial charge in [-0.05, 0) is 25.3 Å². The molecule has 0 radical (unpaired) electrons. The maximum absolute atomic E-state index is 13.1. The fourth-order valence-electron chi connectivity index (χ4n) is 1.05. The van der Waals surface area contributed by atoms with Crippen molar-refractivity contribution in [2.45, 2.75) is 46.7 Å². The van der Waals surface area contributed by atoms with Gasteiger partial charge in [-0.2, -0.15) is 0 Å². The van der Waals surface area contributed by atoms with E-state index in [-0.39, 0.29) is 0 Å². The fourth-order valence-corrected chi connectivity index (χ4v) is 1.05. The molecule has 78 valence electrons. The summed E-state index contributed by atoms with van der Waals surface area (Å²) in [6.45, 7) is 9.11. The first-order chi connectivity index (χ1) is 6.06. The Labute approximate surface area is 81.4 Å². The summed E-state index contributed by atoms with van der Waals surface area (Å²) in [5, 5.41) is 3.19. The smallest absolute Gasteiger partial charge is 0.120 e. The number of nitrogens with one attached hydrogen (secondary N) is 1. The van der Waals surface area contributed by atoms with E-state index in [2.05, 4.69) is 19.2 Å². The molecule has 0 aliphatic heterocycles. The van der Waals surface area contributed by atoms with Gasteiger partial charge in [0.15, 0.2) is 0 Å². The number of halogens is 1. The highest BCUT2D eigenvalue weighted by atomic mass is 19.1. The van der Waals surface area contributed by atoms with Crippen LogP contribution >= 0.6 is 0 Å². The highest BCUT2D eigenvalue weighted by molar-refractivity contribution is 4.99. The van der Waals surface area contributed by atoms with Crippen molar-refractivity contribution in [1.29, 1.82) is 0 Å². The number of hydrogen-bond acceptors (Lipinski definition) is 1. The third-order valence-corrected chi connectivity index (χ3v) is 1.78. The predicted octanol–water partition coefficient (Wildman–Crippen LogP) is 3.27. The van der Waals surface area contributed by atoms with Crippen LogP contribution in [-0.2, 0) is 0 Å². The van der Waals surface area contributed by atoms with E-state index in [1.54, 1.807) is 6.08 Å². The topological polar surface area (TPSA) is 12.0 Å². The molecule has 0 aromatic carbocycles. The molecule has 0 aliphatic carbocycles. The van der Waals surface area contributed by atoms with Crippen molar-refractivity contribution in [3.05, 3.63) is 11.8 Å². The molecule has 13 heavy (non-hydrogen) atoms. The molecule has 0 aromatic rings. The molecule has 0 spiro atoms. The van der Waals surface area contributed by atoms with Crippen molar-refractivity contribution >= 4 is 0 Å². The molecule has 1 nitrogen and oxygen atoms in total. The summed E-state index contributed by atoms with van der Waals surface area (Å²) in [6, 6.07) is 0. The molecule has 0 saturated heterocycles. The van der Waals surface area contributed by atoms with Gasteiger partial charge < -0.3 is 5.32 Å². The van der Waals surface area contributed by atoms with Gasteiger partial charge in [0, 0.05) is 12.2 Å². The second kappa shape index (κ2) is 6.93. The molecular formula is C11H22FN. The van der Waals surface area contributed by atoms with E-state index in [0.717, 1.165) is 18.7 Å². The lowest BCUT2D eigenvalue weighted by Gasteiger charge is -2.10. The highest BCUT2D eigenvalue weighted by Gasteiger charge is 2.01. The van der Waals surface area contributed by atoms with Crippen LogP contribution in [0.3, 0.4) is 0 Å². The van der Waals surface area contributed by atoms with Crippen LogP contribution < -0.4 is 5.32 Å². The molecular weight excluding hydrogens is 165 g/mol. The lowest BCUT2D eigenvalue weighted by molar-refractivity contribution is 0.372. The Morgan fingerprint density at radius 3 is 2.54 bits per heavy atom. The Morgan fingerprint density at radius 2 is 2.08 bits per heavy atom. The van der Waals surface area contributed by atoms with Crippen LogP contribution in [0.2, 0.25) is 0 Å². The lowest BCUT2D eigenvalue weighted by Crippen LogP contribution is -2.18. The summed E-state index contributed by atoms with van der Waals surface area (Å²) >= 11 is 0. The minimum Gasteiger partial charge on any atom is -0.388 e. The van der Waals surface area contributed by atoms with Gasteiger partial charge in [0.2, 0.25) is 0 Å². The number of hydrogen-bond donors (Lipinski definition) is 1. The second-order valence-electron chi connectivity index (χ2n) is 3.93. The standard InChI is InChI=1S/C11H22FN/c1-5-6-11(12)7-10(4)13-8-9(2)3/h7,9,11,13H,5-6,8H2,1-4H3/b10-7+/t11-/m1/s1. The molecule has 0 amide bonds. The van der Waals surface area contributed by atoms with Gasteiger partial charge in [-0.15, -0.1) is 0 Å². The molecule has 0 unspecified atom stereocenters. The first-order valence-corrected chi connectivity index (χ1v) is 5.12.